The number of ether oxygens (including phenoxy) is 3. The highest BCUT2D eigenvalue weighted by Gasteiger charge is 2.17. The van der Waals surface area contributed by atoms with Crippen LogP contribution in [0.3, 0.4) is 0 Å². The molecule has 0 unspecified atom stereocenters. The van der Waals surface area contributed by atoms with Gasteiger partial charge in [0.25, 0.3) is 5.91 Å². The first-order chi connectivity index (χ1) is 12.2. The van der Waals surface area contributed by atoms with Gasteiger partial charge in [0.2, 0.25) is 0 Å². The summed E-state index contributed by atoms with van der Waals surface area (Å²) in [6, 6.07) is 16.3. The van der Waals surface area contributed by atoms with E-state index < -0.39 is 6.09 Å². The average molecular weight is 341 g/mol. The first-order valence-corrected chi connectivity index (χ1v) is 8.10. The summed E-state index contributed by atoms with van der Waals surface area (Å²) in [5.41, 5.74) is 2.46. The summed E-state index contributed by atoms with van der Waals surface area (Å²) in [6.45, 7) is 1.29. The van der Waals surface area contributed by atoms with Crippen molar-refractivity contribution >= 4 is 12.0 Å². The maximum absolute atomic E-state index is 10.00. The molecule has 2 amide bonds. The molecule has 0 spiro atoms. The van der Waals surface area contributed by atoms with Crippen molar-refractivity contribution in [1.82, 2.24) is 5.32 Å². The molecule has 0 saturated carbocycles. The lowest BCUT2D eigenvalue weighted by atomic mass is 10.1. The molecule has 6 heteroatoms. The van der Waals surface area contributed by atoms with Crippen molar-refractivity contribution in [1.29, 1.82) is 0 Å². The van der Waals surface area contributed by atoms with Gasteiger partial charge < -0.3 is 14.2 Å². The topological polar surface area (TPSA) is 73.9 Å². The van der Waals surface area contributed by atoms with Gasteiger partial charge in [-0.3, -0.25) is 10.1 Å². The fourth-order valence-electron chi connectivity index (χ4n) is 2.47. The molecule has 1 N–H and O–H groups in total. The van der Waals surface area contributed by atoms with Crippen LogP contribution in [0.4, 0.5) is 4.79 Å². The number of benzene rings is 2. The Kier molecular flexibility index (Phi) is 5.51. The third-order valence-corrected chi connectivity index (χ3v) is 3.71. The van der Waals surface area contributed by atoms with Gasteiger partial charge in [-0.05, 0) is 30.0 Å². The number of cyclic esters (lactones) is 1. The normalized spacial score (nSPS) is 15.0. The van der Waals surface area contributed by atoms with Crippen LogP contribution < -0.4 is 14.8 Å². The van der Waals surface area contributed by atoms with E-state index in [1.807, 2.05) is 35.6 Å². The van der Waals surface area contributed by atoms with Crippen LogP contribution in [0.1, 0.15) is 17.5 Å². The Labute approximate surface area is 145 Å². The Hall–Kier alpha value is -3.02. The second-order valence-electron chi connectivity index (χ2n) is 5.62. The van der Waals surface area contributed by atoms with Crippen LogP contribution in [-0.4, -0.2) is 25.2 Å². The van der Waals surface area contributed by atoms with E-state index in [2.05, 4.69) is 22.9 Å². The molecule has 6 nitrogen and oxygen atoms in total. The van der Waals surface area contributed by atoms with E-state index >= 15 is 0 Å². The number of nitrogens with one attached hydrogen (secondary N) is 1. The number of fused-ring (bicyclic) bond motifs is 1. The molecule has 0 atom stereocenters. The highest BCUT2D eigenvalue weighted by molar-refractivity contribution is 5.97. The molecule has 0 radical (unpaired) electrons. The third kappa shape index (κ3) is 4.97. The molecule has 4 rings (SSSR count). The Balaban J connectivity index is 0.000000219. The zero-order valence-electron chi connectivity index (χ0n) is 13.7. The Morgan fingerprint density at radius 1 is 1.04 bits per heavy atom. The smallest absolute Gasteiger partial charge is 0.414 e. The molecule has 25 heavy (non-hydrogen) atoms. The number of aryl methyl sites for hydroxylation is 1. The molecular weight excluding hydrogens is 322 g/mol. The van der Waals surface area contributed by atoms with Crippen LogP contribution in [0.2, 0.25) is 0 Å². The van der Waals surface area contributed by atoms with Crippen molar-refractivity contribution in [3.8, 4) is 11.5 Å². The van der Waals surface area contributed by atoms with Crippen molar-refractivity contribution in [3.05, 3.63) is 59.7 Å². The van der Waals surface area contributed by atoms with Crippen molar-refractivity contribution in [2.75, 3.05) is 13.2 Å². The predicted octanol–water partition coefficient (Wildman–Crippen LogP) is 2.84. The lowest BCUT2D eigenvalue weighted by Crippen LogP contribution is -2.18. The summed E-state index contributed by atoms with van der Waals surface area (Å²) in [5.74, 6) is 1.48. The molecule has 1 saturated heterocycles. The Bertz CT molecular complexity index is 731. The van der Waals surface area contributed by atoms with Crippen LogP contribution in [0, 0.1) is 0 Å². The molecule has 2 aromatic carbocycles. The summed E-state index contributed by atoms with van der Waals surface area (Å²) in [7, 11) is 0. The first kappa shape index (κ1) is 16.8. The summed E-state index contributed by atoms with van der Waals surface area (Å²) >= 11 is 0. The summed E-state index contributed by atoms with van der Waals surface area (Å²) in [5, 5.41) is 1.92. The quantitative estimate of drug-likeness (QED) is 0.929. The zero-order chi connectivity index (χ0) is 17.5. The minimum atomic E-state index is -0.648. The molecule has 0 aliphatic carbocycles. The van der Waals surface area contributed by atoms with E-state index in [9.17, 15) is 9.59 Å². The van der Waals surface area contributed by atoms with Crippen LogP contribution in [0.25, 0.3) is 0 Å². The Morgan fingerprint density at radius 2 is 1.88 bits per heavy atom. The SMILES string of the molecule is O=C1COC(=O)N1.c1ccc(COc2ccc3c(c2)OCCC3)cc1. The molecular formula is C19H19NO5. The van der Waals surface area contributed by atoms with Gasteiger partial charge in [-0.25, -0.2) is 4.79 Å². The maximum atomic E-state index is 10.00. The van der Waals surface area contributed by atoms with E-state index in [1.165, 1.54) is 11.1 Å². The number of rotatable bonds is 3. The van der Waals surface area contributed by atoms with E-state index in [0.29, 0.717) is 6.61 Å². The summed E-state index contributed by atoms with van der Waals surface area (Å²) < 4.78 is 15.6. The van der Waals surface area contributed by atoms with E-state index in [4.69, 9.17) is 9.47 Å². The van der Waals surface area contributed by atoms with Gasteiger partial charge in [-0.15, -0.1) is 0 Å². The monoisotopic (exact) mass is 341 g/mol. The van der Waals surface area contributed by atoms with Gasteiger partial charge in [-0.1, -0.05) is 36.4 Å². The highest BCUT2D eigenvalue weighted by Crippen LogP contribution is 2.29. The second kappa shape index (κ2) is 8.19. The molecule has 2 aromatic rings. The lowest BCUT2D eigenvalue weighted by molar-refractivity contribution is -0.119. The van der Waals surface area contributed by atoms with Crippen LogP contribution in [-0.2, 0) is 22.6 Å². The van der Waals surface area contributed by atoms with E-state index in [1.54, 1.807) is 0 Å². The number of alkyl carbamates (subject to hydrolysis) is 1. The fraction of sp³-hybridized carbons (Fsp3) is 0.263. The number of carbonyl (C=O) groups excluding carboxylic acids is 2. The summed E-state index contributed by atoms with van der Waals surface area (Å²) in [6.07, 6.45) is 1.57. The third-order valence-electron chi connectivity index (χ3n) is 3.71. The Morgan fingerprint density at radius 3 is 2.56 bits per heavy atom. The van der Waals surface area contributed by atoms with Crippen LogP contribution in [0.15, 0.2) is 48.5 Å². The molecule has 2 heterocycles. The number of hydrogen-bond donors (Lipinski definition) is 1. The van der Waals surface area contributed by atoms with Gasteiger partial charge in [-0.2, -0.15) is 0 Å². The van der Waals surface area contributed by atoms with E-state index in [-0.39, 0.29) is 12.5 Å². The number of hydrogen-bond acceptors (Lipinski definition) is 5. The molecule has 0 aromatic heterocycles. The second-order valence-corrected chi connectivity index (χ2v) is 5.62. The van der Waals surface area contributed by atoms with Crippen molar-refractivity contribution < 1.29 is 23.8 Å². The van der Waals surface area contributed by atoms with Crippen molar-refractivity contribution in [2.45, 2.75) is 19.4 Å². The number of amides is 2. The van der Waals surface area contributed by atoms with Gasteiger partial charge in [0.15, 0.2) is 6.61 Å². The average Bonchev–Trinajstić information content (AvgIpc) is 3.04. The lowest BCUT2D eigenvalue weighted by Gasteiger charge is -2.18. The van der Waals surface area contributed by atoms with E-state index in [0.717, 1.165) is 30.9 Å². The molecule has 130 valence electrons. The van der Waals surface area contributed by atoms with Gasteiger partial charge in [0.1, 0.15) is 18.1 Å². The van der Waals surface area contributed by atoms with Crippen LogP contribution >= 0.6 is 0 Å². The highest BCUT2D eigenvalue weighted by atomic mass is 16.6. The minimum absolute atomic E-state index is 0.126. The maximum Gasteiger partial charge on any atom is 0.414 e. The molecule has 2 aliphatic heterocycles. The number of imide groups is 1. The minimum Gasteiger partial charge on any atom is -0.493 e. The van der Waals surface area contributed by atoms with Crippen LogP contribution in [0.5, 0.6) is 11.5 Å². The zero-order valence-corrected chi connectivity index (χ0v) is 13.7. The van der Waals surface area contributed by atoms with Crippen molar-refractivity contribution in [3.63, 3.8) is 0 Å². The number of carbonyl (C=O) groups is 2. The molecule has 0 bridgehead atoms. The molecule has 1 fully saturated rings. The first-order valence-electron chi connectivity index (χ1n) is 8.10. The van der Waals surface area contributed by atoms with Gasteiger partial charge in [0, 0.05) is 6.07 Å². The molecule has 2 aliphatic rings. The largest absolute Gasteiger partial charge is 0.493 e. The standard InChI is InChI=1S/C16H16O2.C3H3NO3/c1-2-5-13(6-3-1)12-18-15-9-8-14-7-4-10-17-16(14)11-15;5-2-1-7-3(6)4-2/h1-3,5-6,8-9,11H,4,7,10,12H2;1H2,(H,4,5,6). The van der Waals surface area contributed by atoms with Gasteiger partial charge >= 0.3 is 6.09 Å². The fourth-order valence-corrected chi connectivity index (χ4v) is 2.47. The predicted molar refractivity (Wildman–Crippen MR) is 90.5 cm³/mol. The van der Waals surface area contributed by atoms with Crippen molar-refractivity contribution in [2.24, 2.45) is 0 Å². The van der Waals surface area contributed by atoms with Gasteiger partial charge in [0.05, 0.1) is 6.61 Å². The summed E-state index contributed by atoms with van der Waals surface area (Å²) in [4.78, 5) is 19.9.